The molecule has 1 amide bonds. The molecule has 0 atom stereocenters. The van der Waals surface area contributed by atoms with Crippen LogP contribution in [-0.4, -0.2) is 33.9 Å². The van der Waals surface area contributed by atoms with Gasteiger partial charge in [0, 0.05) is 41.1 Å². The van der Waals surface area contributed by atoms with Crippen LogP contribution < -0.4 is 5.32 Å². The molecule has 4 rings (SSSR count). The van der Waals surface area contributed by atoms with Crippen molar-refractivity contribution in [3.8, 4) is 0 Å². The molecule has 0 aliphatic carbocycles. The number of fused-ring (bicyclic) bond motifs is 1. The number of nitrogens with zero attached hydrogens (tertiary/aromatic N) is 3. The first kappa shape index (κ1) is 22.3. The lowest BCUT2D eigenvalue weighted by Crippen LogP contribution is -2.38. The number of nitrogens with one attached hydrogen (secondary N) is 1. The standard InChI is InChI=1S/C23H25ClN4O.ClH/c1-14-8-10-28(11-9-14)23(29)19-13-25-22-18(7-5-16(3)26-22)21(19)27-20-12-17(24)6-4-15(20)2;/h4-7,12-14H,8-11H2,1-3H3,(H,25,26,27);1H. The van der Waals surface area contributed by atoms with Gasteiger partial charge in [-0.2, -0.15) is 0 Å². The number of likely N-dealkylation sites (tertiary alicyclic amines) is 1. The molecule has 30 heavy (non-hydrogen) atoms. The van der Waals surface area contributed by atoms with Crippen molar-refractivity contribution < 1.29 is 4.79 Å². The molecule has 2 aromatic heterocycles. The largest absolute Gasteiger partial charge is 0.354 e. The topological polar surface area (TPSA) is 58.1 Å². The summed E-state index contributed by atoms with van der Waals surface area (Å²) >= 11 is 6.22. The monoisotopic (exact) mass is 444 g/mol. The van der Waals surface area contributed by atoms with Crippen LogP contribution in [0.1, 0.15) is 41.4 Å². The summed E-state index contributed by atoms with van der Waals surface area (Å²) in [7, 11) is 0. The number of amides is 1. The van der Waals surface area contributed by atoms with Gasteiger partial charge in [0.1, 0.15) is 0 Å². The SMILES string of the molecule is Cc1ccc2c(Nc3cc(Cl)ccc3C)c(C(=O)N3CCC(C)CC3)cnc2n1.Cl. The third-order valence-electron chi connectivity index (χ3n) is 5.63. The maximum atomic E-state index is 13.4. The van der Waals surface area contributed by atoms with Gasteiger partial charge in [0.25, 0.3) is 5.91 Å². The van der Waals surface area contributed by atoms with Gasteiger partial charge >= 0.3 is 0 Å². The summed E-state index contributed by atoms with van der Waals surface area (Å²) in [6, 6.07) is 9.61. The quantitative estimate of drug-likeness (QED) is 0.542. The van der Waals surface area contributed by atoms with E-state index in [2.05, 4.69) is 22.2 Å². The Morgan fingerprint density at radius 3 is 2.63 bits per heavy atom. The number of hydrogen-bond acceptors (Lipinski definition) is 4. The van der Waals surface area contributed by atoms with Crippen molar-refractivity contribution in [2.75, 3.05) is 18.4 Å². The number of piperidine rings is 1. The van der Waals surface area contributed by atoms with E-state index in [-0.39, 0.29) is 18.3 Å². The van der Waals surface area contributed by atoms with E-state index in [1.807, 2.05) is 49.1 Å². The molecule has 0 radical (unpaired) electrons. The van der Waals surface area contributed by atoms with Gasteiger partial charge in [0.2, 0.25) is 0 Å². The van der Waals surface area contributed by atoms with Crippen LogP contribution in [0.4, 0.5) is 11.4 Å². The van der Waals surface area contributed by atoms with Crippen LogP contribution >= 0.6 is 24.0 Å². The second-order valence-electron chi connectivity index (χ2n) is 7.93. The molecule has 1 aromatic carbocycles. The van der Waals surface area contributed by atoms with E-state index in [1.165, 1.54) is 0 Å². The summed E-state index contributed by atoms with van der Waals surface area (Å²) in [4.78, 5) is 24.3. The third-order valence-corrected chi connectivity index (χ3v) is 5.86. The Morgan fingerprint density at radius 2 is 1.90 bits per heavy atom. The van der Waals surface area contributed by atoms with E-state index < -0.39 is 0 Å². The number of aromatic nitrogens is 2. The average molecular weight is 445 g/mol. The number of rotatable bonds is 3. The lowest BCUT2D eigenvalue weighted by molar-refractivity contribution is 0.0698. The highest BCUT2D eigenvalue weighted by Crippen LogP contribution is 2.32. The van der Waals surface area contributed by atoms with Gasteiger partial charge in [0.05, 0.1) is 11.3 Å². The fourth-order valence-corrected chi connectivity index (χ4v) is 3.89. The fraction of sp³-hybridized carbons (Fsp3) is 0.348. The van der Waals surface area contributed by atoms with Gasteiger partial charge in [-0.3, -0.25) is 4.79 Å². The van der Waals surface area contributed by atoms with E-state index in [0.29, 0.717) is 22.2 Å². The molecule has 0 spiro atoms. The minimum absolute atomic E-state index is 0. The lowest BCUT2D eigenvalue weighted by atomic mass is 9.98. The molecule has 1 aliphatic rings. The predicted molar refractivity (Wildman–Crippen MR) is 125 cm³/mol. The van der Waals surface area contributed by atoms with E-state index >= 15 is 0 Å². The highest BCUT2D eigenvalue weighted by Gasteiger charge is 2.25. The zero-order valence-corrected chi connectivity index (χ0v) is 19.0. The van der Waals surface area contributed by atoms with Crippen molar-refractivity contribution in [2.45, 2.75) is 33.6 Å². The maximum absolute atomic E-state index is 13.4. The Labute approximate surface area is 188 Å². The van der Waals surface area contributed by atoms with Crippen molar-refractivity contribution >= 4 is 52.3 Å². The number of halogens is 2. The fourth-order valence-electron chi connectivity index (χ4n) is 3.71. The molecule has 0 unspecified atom stereocenters. The number of pyridine rings is 2. The number of carbonyl (C=O) groups is 1. The normalized spacial score (nSPS) is 14.5. The van der Waals surface area contributed by atoms with Crippen LogP contribution in [-0.2, 0) is 0 Å². The second-order valence-corrected chi connectivity index (χ2v) is 8.37. The molecular weight excluding hydrogens is 419 g/mol. The van der Waals surface area contributed by atoms with Gasteiger partial charge in [-0.1, -0.05) is 24.6 Å². The third kappa shape index (κ3) is 4.52. The van der Waals surface area contributed by atoms with Crippen molar-refractivity contribution in [3.63, 3.8) is 0 Å². The molecule has 1 saturated heterocycles. The van der Waals surface area contributed by atoms with Crippen molar-refractivity contribution in [2.24, 2.45) is 5.92 Å². The molecular formula is C23H26Cl2N4O. The molecule has 7 heteroatoms. The highest BCUT2D eigenvalue weighted by atomic mass is 35.5. The molecule has 1 aliphatic heterocycles. The summed E-state index contributed by atoms with van der Waals surface area (Å²) in [5, 5.41) is 4.93. The van der Waals surface area contributed by atoms with Crippen molar-refractivity contribution in [1.82, 2.24) is 14.9 Å². The highest BCUT2D eigenvalue weighted by molar-refractivity contribution is 6.31. The Morgan fingerprint density at radius 1 is 1.17 bits per heavy atom. The molecule has 158 valence electrons. The number of aryl methyl sites for hydroxylation is 2. The van der Waals surface area contributed by atoms with Crippen LogP contribution in [0.3, 0.4) is 0 Å². The minimum atomic E-state index is 0. The first-order chi connectivity index (χ1) is 13.9. The van der Waals surface area contributed by atoms with E-state index in [1.54, 1.807) is 6.20 Å². The minimum Gasteiger partial charge on any atom is -0.354 e. The van der Waals surface area contributed by atoms with Crippen molar-refractivity contribution in [3.05, 3.63) is 58.4 Å². The summed E-state index contributed by atoms with van der Waals surface area (Å²) in [5.74, 6) is 0.668. The molecule has 1 fully saturated rings. The summed E-state index contributed by atoms with van der Waals surface area (Å²) in [6.45, 7) is 7.74. The zero-order valence-electron chi connectivity index (χ0n) is 17.4. The van der Waals surface area contributed by atoms with Gasteiger partial charge in [-0.25, -0.2) is 9.97 Å². The van der Waals surface area contributed by atoms with Crippen LogP contribution in [0.5, 0.6) is 0 Å². The molecule has 5 nitrogen and oxygen atoms in total. The van der Waals surface area contributed by atoms with Crippen LogP contribution in [0.25, 0.3) is 11.0 Å². The molecule has 3 aromatic rings. The smallest absolute Gasteiger partial charge is 0.257 e. The Bertz CT molecular complexity index is 1080. The van der Waals surface area contributed by atoms with Gasteiger partial charge in [0.15, 0.2) is 5.65 Å². The van der Waals surface area contributed by atoms with Crippen LogP contribution in [0, 0.1) is 19.8 Å². The van der Waals surface area contributed by atoms with Crippen LogP contribution in [0.15, 0.2) is 36.5 Å². The van der Waals surface area contributed by atoms with E-state index in [0.717, 1.165) is 53.9 Å². The molecule has 0 saturated carbocycles. The Balaban J connectivity index is 0.00000256. The van der Waals surface area contributed by atoms with Gasteiger partial charge < -0.3 is 10.2 Å². The Kier molecular flexibility index (Phi) is 6.84. The molecule has 0 bridgehead atoms. The number of carbonyl (C=O) groups excluding carboxylic acids is 1. The second kappa shape index (κ2) is 9.19. The Hall–Kier alpha value is -2.37. The van der Waals surface area contributed by atoms with Gasteiger partial charge in [-0.15, -0.1) is 12.4 Å². The predicted octanol–water partition coefficient (Wildman–Crippen LogP) is 5.94. The number of anilines is 2. The zero-order chi connectivity index (χ0) is 20.5. The van der Waals surface area contributed by atoms with Crippen molar-refractivity contribution in [1.29, 1.82) is 0 Å². The van der Waals surface area contributed by atoms with E-state index in [9.17, 15) is 4.79 Å². The molecule has 3 heterocycles. The number of hydrogen-bond donors (Lipinski definition) is 1. The summed E-state index contributed by atoms with van der Waals surface area (Å²) in [5.41, 5.74) is 4.72. The van der Waals surface area contributed by atoms with Gasteiger partial charge in [-0.05, 0) is 62.4 Å². The van der Waals surface area contributed by atoms with Crippen LogP contribution in [0.2, 0.25) is 5.02 Å². The first-order valence-corrected chi connectivity index (χ1v) is 10.4. The summed E-state index contributed by atoms with van der Waals surface area (Å²) < 4.78 is 0. The number of benzene rings is 1. The van der Waals surface area contributed by atoms with E-state index in [4.69, 9.17) is 11.6 Å². The summed E-state index contributed by atoms with van der Waals surface area (Å²) in [6.07, 6.45) is 3.71. The lowest BCUT2D eigenvalue weighted by Gasteiger charge is -2.31. The maximum Gasteiger partial charge on any atom is 0.257 e. The average Bonchev–Trinajstić information content (AvgIpc) is 2.70. The first-order valence-electron chi connectivity index (χ1n) is 10.0. The molecule has 1 N–H and O–H groups in total.